The molecule has 17 heavy (non-hydrogen) atoms. The Bertz CT molecular complexity index is 395. The van der Waals surface area contributed by atoms with Gasteiger partial charge in [-0.2, -0.15) is 0 Å². The van der Waals surface area contributed by atoms with Gasteiger partial charge in [-0.25, -0.2) is 4.79 Å². The number of carbonyl (C=O) groups is 1. The highest BCUT2D eigenvalue weighted by atomic mass is 79.9. The lowest BCUT2D eigenvalue weighted by Crippen LogP contribution is -2.27. The summed E-state index contributed by atoms with van der Waals surface area (Å²) in [6.07, 6.45) is -0.0248. The number of hydrogen-bond acceptors (Lipinski definition) is 3. The van der Waals surface area contributed by atoms with Crippen molar-refractivity contribution in [2.75, 3.05) is 7.11 Å². The maximum atomic E-state index is 11.4. The average molecular weight is 322 g/mol. The molecule has 94 valence electrons. The number of carbonyl (C=O) groups excluding carboxylic acids is 1. The Morgan fingerprint density at radius 3 is 2.76 bits per heavy atom. The summed E-state index contributed by atoms with van der Waals surface area (Å²) in [5, 5.41) is 1.30. The minimum absolute atomic E-state index is 0.372. The number of halogens is 2. The summed E-state index contributed by atoms with van der Waals surface area (Å²) in [4.78, 5) is 11.4. The van der Waals surface area contributed by atoms with Crippen molar-refractivity contribution in [1.82, 2.24) is 0 Å². The molecule has 0 aliphatic carbocycles. The third kappa shape index (κ3) is 3.89. The Kier molecular flexibility index (Phi) is 5.78. The van der Waals surface area contributed by atoms with Crippen LogP contribution in [-0.2, 0) is 14.9 Å². The number of esters is 1. The molecule has 1 atom stereocenters. The van der Waals surface area contributed by atoms with E-state index in [1.807, 2.05) is 13.0 Å². The molecule has 0 saturated carbocycles. The van der Waals surface area contributed by atoms with Gasteiger partial charge in [-0.05, 0) is 30.2 Å². The lowest BCUT2D eigenvalue weighted by atomic mass is 10.2. The van der Waals surface area contributed by atoms with Crippen LogP contribution in [0.4, 0.5) is 0 Å². The van der Waals surface area contributed by atoms with Gasteiger partial charge in [0.2, 0.25) is 0 Å². The fraction of sp³-hybridized carbons (Fsp3) is 0.417. The second kappa shape index (κ2) is 6.87. The van der Waals surface area contributed by atoms with Gasteiger partial charge < -0.3 is 9.47 Å². The molecule has 0 radical (unpaired) electrons. The Hall–Kier alpha value is -0.740. The molecule has 0 spiro atoms. The zero-order valence-electron chi connectivity index (χ0n) is 9.70. The molecule has 1 aromatic carbocycles. The zero-order chi connectivity index (χ0) is 12.8. The first-order chi connectivity index (χ1) is 8.12. The number of alkyl halides is 1. The molecule has 0 amide bonds. The number of ether oxygens (including phenoxy) is 2. The molecule has 3 nitrogen and oxygen atoms in total. The van der Waals surface area contributed by atoms with Gasteiger partial charge in [-0.15, -0.1) is 0 Å². The van der Waals surface area contributed by atoms with Crippen LogP contribution in [0.1, 0.15) is 18.9 Å². The predicted molar refractivity (Wildman–Crippen MR) is 70.8 cm³/mol. The molecule has 1 unspecified atom stereocenters. The molecular formula is C12H14BrClO3. The van der Waals surface area contributed by atoms with E-state index in [1.54, 1.807) is 12.1 Å². The van der Waals surface area contributed by atoms with E-state index in [9.17, 15) is 4.79 Å². The number of benzene rings is 1. The number of rotatable bonds is 5. The molecule has 0 bridgehead atoms. The van der Waals surface area contributed by atoms with Crippen molar-refractivity contribution in [2.45, 2.75) is 24.8 Å². The summed E-state index contributed by atoms with van der Waals surface area (Å²) in [5.74, 6) is 0.240. The van der Waals surface area contributed by atoms with Crippen LogP contribution in [0.3, 0.4) is 0 Å². The van der Waals surface area contributed by atoms with Crippen LogP contribution in [0.25, 0.3) is 0 Å². The van der Waals surface area contributed by atoms with Gasteiger partial charge in [-0.3, -0.25) is 0 Å². The molecule has 0 aromatic heterocycles. The monoisotopic (exact) mass is 320 g/mol. The number of hydrogen-bond donors (Lipinski definition) is 0. The van der Waals surface area contributed by atoms with Crippen molar-refractivity contribution in [3.63, 3.8) is 0 Å². The SMILES string of the molecule is CCC(Oc1ccc(Cl)c(CBr)c1)C(=O)OC. The van der Waals surface area contributed by atoms with Crippen LogP contribution >= 0.6 is 27.5 Å². The molecule has 0 fully saturated rings. The highest BCUT2D eigenvalue weighted by Crippen LogP contribution is 2.25. The lowest BCUT2D eigenvalue weighted by Gasteiger charge is -2.15. The second-order valence-electron chi connectivity index (χ2n) is 3.42. The lowest BCUT2D eigenvalue weighted by molar-refractivity contribution is -0.148. The van der Waals surface area contributed by atoms with Crippen LogP contribution in [0, 0.1) is 0 Å². The average Bonchev–Trinajstić information content (AvgIpc) is 2.36. The summed E-state index contributed by atoms with van der Waals surface area (Å²) < 4.78 is 10.2. The van der Waals surface area contributed by atoms with E-state index in [4.69, 9.17) is 16.3 Å². The number of methoxy groups -OCH3 is 1. The molecule has 0 aliphatic rings. The molecule has 0 N–H and O–H groups in total. The summed E-state index contributed by atoms with van der Waals surface area (Å²) in [6.45, 7) is 1.86. The van der Waals surface area contributed by atoms with Crippen molar-refractivity contribution in [3.05, 3.63) is 28.8 Å². The standard InChI is InChI=1S/C12H14BrClO3/c1-3-11(12(15)16-2)17-9-4-5-10(14)8(6-9)7-13/h4-6,11H,3,7H2,1-2H3. The van der Waals surface area contributed by atoms with E-state index in [1.165, 1.54) is 7.11 Å². The smallest absolute Gasteiger partial charge is 0.347 e. The van der Waals surface area contributed by atoms with Gasteiger partial charge in [-0.1, -0.05) is 34.5 Å². The summed E-state index contributed by atoms with van der Waals surface area (Å²) in [5.41, 5.74) is 0.920. The van der Waals surface area contributed by atoms with Gasteiger partial charge in [0.25, 0.3) is 0 Å². The maximum absolute atomic E-state index is 11.4. The first-order valence-corrected chi connectivity index (χ1v) is 6.71. The molecule has 0 aliphatic heterocycles. The Balaban J connectivity index is 2.83. The van der Waals surface area contributed by atoms with Crippen LogP contribution in [-0.4, -0.2) is 19.2 Å². The normalized spacial score (nSPS) is 12.0. The van der Waals surface area contributed by atoms with Crippen molar-refractivity contribution in [1.29, 1.82) is 0 Å². The summed E-state index contributed by atoms with van der Waals surface area (Å²) in [7, 11) is 1.35. The van der Waals surface area contributed by atoms with Crippen LogP contribution in [0.5, 0.6) is 5.75 Å². The molecule has 1 rings (SSSR count). The van der Waals surface area contributed by atoms with Gasteiger partial charge in [0.15, 0.2) is 6.10 Å². The first-order valence-electron chi connectivity index (χ1n) is 5.21. The fourth-order valence-corrected chi connectivity index (χ4v) is 2.13. The fourth-order valence-electron chi connectivity index (χ4n) is 1.32. The third-order valence-corrected chi connectivity index (χ3v) is 3.25. The van der Waals surface area contributed by atoms with E-state index in [2.05, 4.69) is 20.7 Å². The third-order valence-electron chi connectivity index (χ3n) is 2.27. The van der Waals surface area contributed by atoms with E-state index in [-0.39, 0.29) is 5.97 Å². The van der Waals surface area contributed by atoms with E-state index in [0.29, 0.717) is 22.5 Å². The van der Waals surface area contributed by atoms with E-state index >= 15 is 0 Å². The van der Waals surface area contributed by atoms with Gasteiger partial charge >= 0.3 is 5.97 Å². The largest absolute Gasteiger partial charge is 0.479 e. The first kappa shape index (κ1) is 14.3. The van der Waals surface area contributed by atoms with Gasteiger partial charge in [0, 0.05) is 10.4 Å². The highest BCUT2D eigenvalue weighted by molar-refractivity contribution is 9.08. The van der Waals surface area contributed by atoms with Crippen LogP contribution in [0.15, 0.2) is 18.2 Å². The molecule has 5 heteroatoms. The summed E-state index contributed by atoms with van der Waals surface area (Å²) in [6, 6.07) is 5.29. The van der Waals surface area contributed by atoms with Crippen molar-refractivity contribution < 1.29 is 14.3 Å². The molecule has 0 saturated heterocycles. The second-order valence-corrected chi connectivity index (χ2v) is 4.39. The minimum Gasteiger partial charge on any atom is -0.479 e. The Morgan fingerprint density at radius 2 is 2.24 bits per heavy atom. The Labute approximate surface area is 114 Å². The maximum Gasteiger partial charge on any atom is 0.347 e. The highest BCUT2D eigenvalue weighted by Gasteiger charge is 2.19. The van der Waals surface area contributed by atoms with Crippen molar-refractivity contribution in [3.8, 4) is 5.75 Å². The topological polar surface area (TPSA) is 35.5 Å². The van der Waals surface area contributed by atoms with E-state index < -0.39 is 6.10 Å². The van der Waals surface area contributed by atoms with E-state index in [0.717, 1.165) is 5.56 Å². The van der Waals surface area contributed by atoms with Crippen molar-refractivity contribution >= 4 is 33.5 Å². The Morgan fingerprint density at radius 1 is 1.53 bits per heavy atom. The molecular weight excluding hydrogens is 307 g/mol. The van der Waals surface area contributed by atoms with Crippen molar-refractivity contribution in [2.24, 2.45) is 0 Å². The predicted octanol–water partition coefficient (Wildman–Crippen LogP) is 3.57. The zero-order valence-corrected chi connectivity index (χ0v) is 12.0. The van der Waals surface area contributed by atoms with Crippen LogP contribution < -0.4 is 4.74 Å². The van der Waals surface area contributed by atoms with Gasteiger partial charge in [0.1, 0.15) is 5.75 Å². The summed E-state index contributed by atoms with van der Waals surface area (Å²) >= 11 is 9.32. The molecule has 0 heterocycles. The van der Waals surface area contributed by atoms with Crippen LogP contribution in [0.2, 0.25) is 5.02 Å². The molecule has 1 aromatic rings. The van der Waals surface area contributed by atoms with Gasteiger partial charge in [0.05, 0.1) is 7.11 Å². The quantitative estimate of drug-likeness (QED) is 0.614. The minimum atomic E-state index is -0.579.